The predicted molar refractivity (Wildman–Crippen MR) is 52.9 cm³/mol. The van der Waals surface area contributed by atoms with E-state index in [1.54, 1.807) is 11.8 Å². The quantitative estimate of drug-likeness (QED) is 0.748. The van der Waals surface area contributed by atoms with Gasteiger partial charge in [-0.25, -0.2) is 13.1 Å². The van der Waals surface area contributed by atoms with Crippen molar-refractivity contribution < 1.29 is 8.42 Å². The highest BCUT2D eigenvalue weighted by molar-refractivity contribution is 7.99. The molecule has 1 N–H and O–H groups in total. The van der Waals surface area contributed by atoms with E-state index in [1.807, 2.05) is 6.26 Å². The van der Waals surface area contributed by atoms with Gasteiger partial charge in [0, 0.05) is 11.3 Å². The number of nitrogens with one attached hydrogen (secondary N) is 1. The molecule has 1 rings (SSSR count). The smallest absolute Gasteiger partial charge is 0.208 e. The first-order valence-corrected chi connectivity index (χ1v) is 7.21. The molecule has 0 heterocycles. The Kier molecular flexibility index (Phi) is 3.43. The van der Waals surface area contributed by atoms with E-state index in [0.717, 1.165) is 19.3 Å². The van der Waals surface area contributed by atoms with E-state index in [9.17, 15) is 8.42 Å². The van der Waals surface area contributed by atoms with Crippen LogP contribution in [0.2, 0.25) is 0 Å². The van der Waals surface area contributed by atoms with Crippen LogP contribution in [-0.2, 0) is 10.0 Å². The summed E-state index contributed by atoms with van der Waals surface area (Å²) in [7, 11) is -3.01. The van der Waals surface area contributed by atoms with Gasteiger partial charge in [0.25, 0.3) is 0 Å². The zero-order valence-corrected chi connectivity index (χ0v) is 9.04. The molecule has 0 spiro atoms. The standard InChI is InChI=1S/C7H15NO2S2/c1-11-7-5-3-4-6(7)8-12(2,9)10/h6-8H,3-5H2,1-2H3. The molecule has 12 heavy (non-hydrogen) atoms. The molecule has 0 saturated heterocycles. The molecule has 0 aromatic carbocycles. The van der Waals surface area contributed by atoms with Gasteiger partial charge in [0.15, 0.2) is 0 Å². The van der Waals surface area contributed by atoms with Gasteiger partial charge >= 0.3 is 0 Å². The zero-order valence-electron chi connectivity index (χ0n) is 7.41. The third kappa shape index (κ3) is 2.95. The molecule has 1 aliphatic rings. The molecule has 3 nitrogen and oxygen atoms in total. The molecule has 1 fully saturated rings. The van der Waals surface area contributed by atoms with E-state index >= 15 is 0 Å². The lowest BCUT2D eigenvalue weighted by Gasteiger charge is -2.17. The van der Waals surface area contributed by atoms with Crippen molar-refractivity contribution in [2.45, 2.75) is 30.6 Å². The van der Waals surface area contributed by atoms with Crippen LogP contribution >= 0.6 is 11.8 Å². The lowest BCUT2D eigenvalue weighted by atomic mass is 10.3. The Morgan fingerprint density at radius 3 is 2.58 bits per heavy atom. The Balaban J connectivity index is 2.52. The van der Waals surface area contributed by atoms with Gasteiger partial charge in [-0.3, -0.25) is 0 Å². The third-order valence-corrected chi connectivity index (χ3v) is 4.02. The van der Waals surface area contributed by atoms with E-state index in [4.69, 9.17) is 0 Å². The Bertz CT molecular complexity index is 238. The molecule has 2 unspecified atom stereocenters. The molecule has 72 valence electrons. The van der Waals surface area contributed by atoms with Gasteiger partial charge in [-0.15, -0.1) is 0 Å². The van der Waals surface area contributed by atoms with Crippen molar-refractivity contribution in [2.24, 2.45) is 0 Å². The minimum Gasteiger partial charge on any atom is -0.213 e. The van der Waals surface area contributed by atoms with Crippen molar-refractivity contribution in [2.75, 3.05) is 12.5 Å². The first-order chi connectivity index (χ1) is 5.53. The molecule has 0 bridgehead atoms. The van der Waals surface area contributed by atoms with Crippen LogP contribution in [0.25, 0.3) is 0 Å². The van der Waals surface area contributed by atoms with Crippen molar-refractivity contribution in [1.82, 2.24) is 4.72 Å². The van der Waals surface area contributed by atoms with Gasteiger partial charge in [-0.05, 0) is 19.1 Å². The molecular formula is C7H15NO2S2. The fourth-order valence-electron chi connectivity index (χ4n) is 1.62. The number of thioether (sulfide) groups is 1. The van der Waals surface area contributed by atoms with Gasteiger partial charge < -0.3 is 0 Å². The summed E-state index contributed by atoms with van der Waals surface area (Å²) in [5.41, 5.74) is 0. The van der Waals surface area contributed by atoms with Gasteiger partial charge in [0.05, 0.1) is 6.26 Å². The van der Waals surface area contributed by atoms with E-state index in [0.29, 0.717) is 5.25 Å². The summed E-state index contributed by atoms with van der Waals surface area (Å²) in [6.07, 6.45) is 6.52. The zero-order chi connectivity index (χ0) is 9.19. The highest BCUT2D eigenvalue weighted by Crippen LogP contribution is 2.28. The van der Waals surface area contributed by atoms with Crippen LogP contribution in [0.1, 0.15) is 19.3 Å². The molecule has 0 aromatic rings. The Labute approximate surface area is 78.4 Å². The maximum absolute atomic E-state index is 10.9. The summed E-state index contributed by atoms with van der Waals surface area (Å²) >= 11 is 1.75. The van der Waals surface area contributed by atoms with Gasteiger partial charge in [-0.2, -0.15) is 11.8 Å². The highest BCUT2D eigenvalue weighted by atomic mass is 32.2. The van der Waals surface area contributed by atoms with E-state index in [-0.39, 0.29) is 6.04 Å². The first kappa shape index (κ1) is 10.3. The fourth-order valence-corrected chi connectivity index (χ4v) is 3.47. The van der Waals surface area contributed by atoms with Crippen LogP contribution in [0.5, 0.6) is 0 Å². The van der Waals surface area contributed by atoms with Crippen LogP contribution in [0.15, 0.2) is 0 Å². The molecule has 1 saturated carbocycles. The van der Waals surface area contributed by atoms with Crippen LogP contribution in [0, 0.1) is 0 Å². The first-order valence-electron chi connectivity index (χ1n) is 4.03. The molecule has 0 radical (unpaired) electrons. The number of hydrogen-bond acceptors (Lipinski definition) is 3. The third-order valence-electron chi connectivity index (χ3n) is 2.12. The second-order valence-electron chi connectivity index (χ2n) is 3.20. The normalized spacial score (nSPS) is 30.8. The minimum absolute atomic E-state index is 0.162. The van der Waals surface area contributed by atoms with Crippen LogP contribution < -0.4 is 4.72 Å². The Morgan fingerprint density at radius 2 is 2.08 bits per heavy atom. The van der Waals surface area contributed by atoms with Crippen LogP contribution in [0.3, 0.4) is 0 Å². The van der Waals surface area contributed by atoms with Crippen molar-refractivity contribution in [1.29, 1.82) is 0 Å². The molecule has 0 aliphatic heterocycles. The predicted octanol–water partition coefficient (Wildman–Crippen LogP) is 0.820. The lowest BCUT2D eigenvalue weighted by molar-refractivity contribution is 0.561. The van der Waals surface area contributed by atoms with E-state index in [2.05, 4.69) is 4.72 Å². The maximum Gasteiger partial charge on any atom is 0.208 e. The second kappa shape index (κ2) is 3.98. The van der Waals surface area contributed by atoms with Crippen molar-refractivity contribution in [3.63, 3.8) is 0 Å². The van der Waals surface area contributed by atoms with Crippen LogP contribution in [-0.4, -0.2) is 32.2 Å². The number of sulfonamides is 1. The topological polar surface area (TPSA) is 46.2 Å². The summed E-state index contributed by atoms with van der Waals surface area (Å²) in [4.78, 5) is 0. The molecule has 2 atom stereocenters. The highest BCUT2D eigenvalue weighted by Gasteiger charge is 2.28. The molecule has 1 aliphatic carbocycles. The SMILES string of the molecule is CSC1CCCC1NS(C)(=O)=O. The summed E-state index contributed by atoms with van der Waals surface area (Å²) in [6, 6.07) is 0.162. The molecule has 0 aromatic heterocycles. The largest absolute Gasteiger partial charge is 0.213 e. The summed E-state index contributed by atoms with van der Waals surface area (Å²) in [6.45, 7) is 0. The summed E-state index contributed by atoms with van der Waals surface area (Å²) in [5.74, 6) is 0. The van der Waals surface area contributed by atoms with Crippen molar-refractivity contribution >= 4 is 21.8 Å². The second-order valence-corrected chi connectivity index (χ2v) is 6.06. The maximum atomic E-state index is 10.9. The minimum atomic E-state index is -3.01. The van der Waals surface area contributed by atoms with Gasteiger partial charge in [-0.1, -0.05) is 6.42 Å². The number of rotatable bonds is 3. The average molecular weight is 209 g/mol. The van der Waals surface area contributed by atoms with Crippen LogP contribution in [0.4, 0.5) is 0 Å². The monoisotopic (exact) mass is 209 g/mol. The lowest BCUT2D eigenvalue weighted by Crippen LogP contribution is -2.37. The van der Waals surface area contributed by atoms with Gasteiger partial charge in [0.2, 0.25) is 10.0 Å². The molecule has 0 amide bonds. The van der Waals surface area contributed by atoms with E-state index in [1.165, 1.54) is 6.26 Å². The summed E-state index contributed by atoms with van der Waals surface area (Å²) < 4.78 is 24.5. The van der Waals surface area contributed by atoms with Gasteiger partial charge in [0.1, 0.15) is 0 Å². The van der Waals surface area contributed by atoms with Crippen molar-refractivity contribution in [3.8, 4) is 0 Å². The number of hydrogen-bond donors (Lipinski definition) is 1. The van der Waals surface area contributed by atoms with Crippen molar-refractivity contribution in [3.05, 3.63) is 0 Å². The molecule has 5 heteroatoms. The average Bonchev–Trinajstić information content (AvgIpc) is 2.31. The Hall–Kier alpha value is 0.260. The Morgan fingerprint density at radius 1 is 1.42 bits per heavy atom. The molecular weight excluding hydrogens is 194 g/mol. The fraction of sp³-hybridized carbons (Fsp3) is 1.00. The summed E-state index contributed by atoms with van der Waals surface area (Å²) in [5, 5.41) is 0.472. The van der Waals surface area contributed by atoms with E-state index < -0.39 is 10.0 Å².